The summed E-state index contributed by atoms with van der Waals surface area (Å²) in [5.41, 5.74) is 6.49. The number of hydrogen-bond acceptors (Lipinski definition) is 2. The van der Waals surface area contributed by atoms with Crippen molar-refractivity contribution in [3.63, 3.8) is 0 Å². The van der Waals surface area contributed by atoms with E-state index >= 15 is 0 Å². The molecule has 146 valence electrons. The third-order valence-corrected chi connectivity index (χ3v) is 5.19. The summed E-state index contributed by atoms with van der Waals surface area (Å²) in [6.07, 6.45) is 5.63. The number of nitrogens with one attached hydrogen (secondary N) is 1. The number of rotatable bonds is 6. The van der Waals surface area contributed by atoms with E-state index in [9.17, 15) is 4.79 Å². The highest BCUT2D eigenvalue weighted by Crippen LogP contribution is 2.24. The molecule has 0 atom stereocenters. The van der Waals surface area contributed by atoms with E-state index < -0.39 is 0 Å². The van der Waals surface area contributed by atoms with Gasteiger partial charge < -0.3 is 9.88 Å². The maximum Gasteiger partial charge on any atom is 0.267 e. The maximum atomic E-state index is 12.2. The molecular formula is C25H25N3O. The fraction of sp³-hybridized carbons (Fsp3) is 0.200. The van der Waals surface area contributed by atoms with Crippen LogP contribution in [0.25, 0.3) is 22.0 Å². The Balaban J connectivity index is 1.32. The minimum absolute atomic E-state index is 0.0123. The van der Waals surface area contributed by atoms with E-state index in [0.29, 0.717) is 12.2 Å². The van der Waals surface area contributed by atoms with Crippen LogP contribution in [-0.4, -0.2) is 22.0 Å². The quantitative estimate of drug-likeness (QED) is 0.481. The summed E-state index contributed by atoms with van der Waals surface area (Å²) in [6.45, 7) is 2.66. The van der Waals surface area contributed by atoms with Crippen LogP contribution in [0.2, 0.25) is 0 Å². The van der Waals surface area contributed by atoms with Crippen LogP contribution in [0.4, 0.5) is 0 Å². The molecule has 2 aromatic heterocycles. The Bertz CT molecular complexity index is 1140. The number of nitrogens with zero attached hydrogens (tertiary/aromatic N) is 2. The van der Waals surface area contributed by atoms with Crippen LogP contribution in [0.3, 0.4) is 0 Å². The standard InChI is InChI=1S/C25H25N3O/c1-18-15-24(28(2)17-18)25(29)27-14-3-5-19-7-9-20(10-8-19)21-11-12-23-22(16-21)6-4-13-26-23/h4,6-13,15-17H,3,5,14H2,1-2H3,(H,27,29). The first-order chi connectivity index (χ1) is 14.1. The molecule has 4 aromatic rings. The molecule has 4 heteroatoms. The Morgan fingerprint density at radius 1 is 1.03 bits per heavy atom. The first-order valence-electron chi connectivity index (χ1n) is 9.95. The smallest absolute Gasteiger partial charge is 0.267 e. The van der Waals surface area contributed by atoms with Crippen molar-refractivity contribution < 1.29 is 4.79 Å². The first kappa shape index (κ1) is 18.9. The fourth-order valence-electron chi connectivity index (χ4n) is 3.66. The lowest BCUT2D eigenvalue weighted by Crippen LogP contribution is -2.26. The molecule has 0 saturated heterocycles. The van der Waals surface area contributed by atoms with Crippen LogP contribution in [0, 0.1) is 6.92 Å². The number of amides is 1. The molecule has 0 spiro atoms. The zero-order chi connectivity index (χ0) is 20.2. The number of carbonyl (C=O) groups excluding carboxylic acids is 1. The van der Waals surface area contributed by atoms with Gasteiger partial charge in [0.15, 0.2) is 0 Å². The molecule has 0 fully saturated rings. The molecule has 0 aliphatic rings. The van der Waals surface area contributed by atoms with Gasteiger partial charge in [0.2, 0.25) is 0 Å². The lowest BCUT2D eigenvalue weighted by atomic mass is 10.0. The van der Waals surface area contributed by atoms with Crippen molar-refractivity contribution in [1.29, 1.82) is 0 Å². The van der Waals surface area contributed by atoms with Gasteiger partial charge in [-0.2, -0.15) is 0 Å². The van der Waals surface area contributed by atoms with Gasteiger partial charge in [-0.25, -0.2) is 0 Å². The molecule has 0 unspecified atom stereocenters. The molecule has 0 aliphatic heterocycles. The van der Waals surface area contributed by atoms with Crippen molar-refractivity contribution in [3.8, 4) is 11.1 Å². The van der Waals surface area contributed by atoms with Gasteiger partial charge in [-0.1, -0.05) is 36.4 Å². The Morgan fingerprint density at radius 2 is 1.83 bits per heavy atom. The number of aromatic nitrogens is 2. The average Bonchev–Trinajstić information content (AvgIpc) is 3.09. The van der Waals surface area contributed by atoms with Gasteiger partial charge in [-0.3, -0.25) is 9.78 Å². The third-order valence-electron chi connectivity index (χ3n) is 5.19. The topological polar surface area (TPSA) is 46.9 Å². The maximum absolute atomic E-state index is 12.2. The highest BCUT2D eigenvalue weighted by Gasteiger charge is 2.09. The van der Waals surface area contributed by atoms with Crippen LogP contribution in [-0.2, 0) is 13.5 Å². The summed E-state index contributed by atoms with van der Waals surface area (Å²) >= 11 is 0. The fourth-order valence-corrected chi connectivity index (χ4v) is 3.66. The van der Waals surface area contributed by atoms with E-state index in [1.807, 2.05) is 43.1 Å². The summed E-state index contributed by atoms with van der Waals surface area (Å²) in [5, 5.41) is 4.16. The van der Waals surface area contributed by atoms with Crippen LogP contribution in [0.5, 0.6) is 0 Å². The number of aryl methyl sites for hydroxylation is 3. The van der Waals surface area contributed by atoms with E-state index in [1.165, 1.54) is 16.7 Å². The molecule has 2 aromatic carbocycles. The largest absolute Gasteiger partial charge is 0.351 e. The van der Waals surface area contributed by atoms with Crippen molar-refractivity contribution >= 4 is 16.8 Å². The van der Waals surface area contributed by atoms with Gasteiger partial charge in [-0.05, 0) is 66.3 Å². The summed E-state index contributed by atoms with van der Waals surface area (Å²) in [7, 11) is 1.90. The van der Waals surface area contributed by atoms with Gasteiger partial charge >= 0.3 is 0 Å². The van der Waals surface area contributed by atoms with E-state index in [1.54, 1.807) is 0 Å². The number of carbonyl (C=O) groups is 1. The van der Waals surface area contributed by atoms with Crippen molar-refractivity contribution in [2.75, 3.05) is 6.54 Å². The van der Waals surface area contributed by atoms with Crippen LogP contribution in [0.15, 0.2) is 73.1 Å². The minimum atomic E-state index is -0.0123. The molecular weight excluding hydrogens is 358 g/mol. The molecule has 4 rings (SSSR count). The molecule has 2 heterocycles. The van der Waals surface area contributed by atoms with E-state index in [0.717, 1.165) is 29.3 Å². The Kier molecular flexibility index (Phi) is 5.43. The van der Waals surface area contributed by atoms with Crippen LogP contribution in [0.1, 0.15) is 28.0 Å². The highest BCUT2D eigenvalue weighted by atomic mass is 16.1. The van der Waals surface area contributed by atoms with Crippen molar-refractivity contribution in [2.45, 2.75) is 19.8 Å². The summed E-state index contributed by atoms with van der Waals surface area (Å²) in [6, 6.07) is 21.0. The molecule has 0 saturated carbocycles. The zero-order valence-corrected chi connectivity index (χ0v) is 16.9. The van der Waals surface area contributed by atoms with Gasteiger partial charge in [0.05, 0.1) is 5.52 Å². The summed E-state index contributed by atoms with van der Waals surface area (Å²) in [4.78, 5) is 16.6. The molecule has 0 aliphatic carbocycles. The van der Waals surface area contributed by atoms with Gasteiger partial charge in [0, 0.05) is 31.4 Å². The van der Waals surface area contributed by atoms with Crippen molar-refractivity contribution in [3.05, 3.63) is 89.9 Å². The average molecular weight is 383 g/mol. The second kappa shape index (κ2) is 8.31. The molecule has 4 nitrogen and oxygen atoms in total. The lowest BCUT2D eigenvalue weighted by Gasteiger charge is -2.08. The molecule has 0 bridgehead atoms. The van der Waals surface area contributed by atoms with Gasteiger partial charge in [0.1, 0.15) is 5.69 Å². The molecule has 1 N–H and O–H groups in total. The summed E-state index contributed by atoms with van der Waals surface area (Å²) in [5.74, 6) is -0.0123. The number of benzene rings is 2. The van der Waals surface area contributed by atoms with E-state index in [4.69, 9.17) is 0 Å². The molecule has 29 heavy (non-hydrogen) atoms. The molecule has 1 amide bonds. The Morgan fingerprint density at radius 3 is 2.59 bits per heavy atom. The van der Waals surface area contributed by atoms with Crippen LogP contribution < -0.4 is 5.32 Å². The van der Waals surface area contributed by atoms with Gasteiger partial charge in [0.25, 0.3) is 5.91 Å². The minimum Gasteiger partial charge on any atom is -0.351 e. The number of pyridine rings is 1. The predicted octanol–water partition coefficient (Wildman–Crippen LogP) is 4.91. The van der Waals surface area contributed by atoms with Gasteiger partial charge in [-0.15, -0.1) is 0 Å². The van der Waals surface area contributed by atoms with E-state index in [-0.39, 0.29) is 5.91 Å². The Labute approximate surface area is 171 Å². The van der Waals surface area contributed by atoms with Crippen LogP contribution >= 0.6 is 0 Å². The SMILES string of the molecule is Cc1cc(C(=O)NCCCc2ccc(-c3ccc4ncccc4c3)cc2)n(C)c1. The second-order valence-electron chi connectivity index (χ2n) is 7.48. The van der Waals surface area contributed by atoms with E-state index in [2.05, 4.69) is 58.8 Å². The Hall–Kier alpha value is -3.40. The number of fused-ring (bicyclic) bond motifs is 1. The highest BCUT2D eigenvalue weighted by molar-refractivity contribution is 5.92. The molecule has 0 radical (unpaired) electrons. The lowest BCUT2D eigenvalue weighted by molar-refractivity contribution is 0.0945. The monoisotopic (exact) mass is 383 g/mol. The normalized spacial score (nSPS) is 11.0. The number of hydrogen-bond donors (Lipinski definition) is 1. The second-order valence-corrected chi connectivity index (χ2v) is 7.48. The zero-order valence-electron chi connectivity index (χ0n) is 16.9. The third kappa shape index (κ3) is 4.37. The first-order valence-corrected chi connectivity index (χ1v) is 9.95. The van der Waals surface area contributed by atoms with Crippen molar-refractivity contribution in [2.24, 2.45) is 7.05 Å². The summed E-state index contributed by atoms with van der Waals surface area (Å²) < 4.78 is 1.87. The predicted molar refractivity (Wildman–Crippen MR) is 118 cm³/mol. The van der Waals surface area contributed by atoms with Crippen molar-refractivity contribution in [1.82, 2.24) is 14.9 Å².